The summed E-state index contributed by atoms with van der Waals surface area (Å²) in [4.78, 5) is 0. The summed E-state index contributed by atoms with van der Waals surface area (Å²) < 4.78 is 4.95. The van der Waals surface area contributed by atoms with E-state index in [4.69, 9.17) is 16.0 Å². The minimum absolute atomic E-state index is 0.390. The van der Waals surface area contributed by atoms with Crippen LogP contribution in [0.1, 0.15) is 11.1 Å². The maximum Gasteiger partial charge on any atom is 0.0935 e. The first-order valence-electron chi connectivity index (χ1n) is 5.17. The van der Waals surface area contributed by atoms with E-state index in [2.05, 4.69) is 0 Å². The topological polar surface area (TPSA) is 33.4 Å². The third kappa shape index (κ3) is 3.12. The lowest BCUT2D eigenvalue weighted by atomic mass is 10.0. The fourth-order valence-corrected chi connectivity index (χ4v) is 1.77. The quantitative estimate of drug-likeness (QED) is 0.885. The van der Waals surface area contributed by atoms with E-state index in [9.17, 15) is 5.11 Å². The second-order valence-corrected chi connectivity index (χ2v) is 4.26. The molecule has 3 heteroatoms. The lowest BCUT2D eigenvalue weighted by Crippen LogP contribution is -2.13. The zero-order chi connectivity index (χ0) is 11.4. The van der Waals surface area contributed by atoms with E-state index in [1.54, 1.807) is 12.5 Å². The average Bonchev–Trinajstić information content (AvgIpc) is 2.74. The van der Waals surface area contributed by atoms with Gasteiger partial charge in [0.15, 0.2) is 0 Å². The van der Waals surface area contributed by atoms with E-state index in [0.29, 0.717) is 17.9 Å². The summed E-state index contributed by atoms with van der Waals surface area (Å²) in [5.74, 6) is 0. The Morgan fingerprint density at radius 1 is 1.06 bits per heavy atom. The van der Waals surface area contributed by atoms with Crippen molar-refractivity contribution in [3.8, 4) is 0 Å². The van der Waals surface area contributed by atoms with Crippen molar-refractivity contribution in [3.63, 3.8) is 0 Å². The van der Waals surface area contributed by atoms with Gasteiger partial charge in [0.2, 0.25) is 0 Å². The number of aliphatic hydroxyl groups excluding tert-OH is 1. The number of furan rings is 1. The van der Waals surface area contributed by atoms with Crippen LogP contribution in [0.4, 0.5) is 0 Å². The van der Waals surface area contributed by atoms with Crippen LogP contribution >= 0.6 is 11.6 Å². The molecule has 0 bridgehead atoms. The van der Waals surface area contributed by atoms with Crippen LogP contribution in [0.5, 0.6) is 0 Å². The first-order valence-corrected chi connectivity index (χ1v) is 5.55. The summed E-state index contributed by atoms with van der Waals surface area (Å²) in [6.07, 6.45) is 4.12. The van der Waals surface area contributed by atoms with E-state index in [1.807, 2.05) is 30.3 Å². The zero-order valence-electron chi connectivity index (χ0n) is 8.77. The highest BCUT2D eigenvalue weighted by molar-refractivity contribution is 6.30. The predicted octanol–water partition coefficient (Wildman–Crippen LogP) is 3.08. The highest BCUT2D eigenvalue weighted by atomic mass is 35.5. The van der Waals surface area contributed by atoms with Crippen LogP contribution < -0.4 is 0 Å². The maximum atomic E-state index is 9.87. The molecule has 1 N–H and O–H groups in total. The van der Waals surface area contributed by atoms with Gasteiger partial charge in [-0.1, -0.05) is 23.7 Å². The number of hydrogen-bond acceptors (Lipinski definition) is 2. The molecule has 1 unspecified atom stereocenters. The van der Waals surface area contributed by atoms with Gasteiger partial charge in [-0.05, 0) is 35.7 Å². The molecule has 2 rings (SSSR count). The largest absolute Gasteiger partial charge is 0.472 e. The van der Waals surface area contributed by atoms with Crippen molar-refractivity contribution in [3.05, 3.63) is 59.0 Å². The number of halogens is 1. The molecule has 0 spiro atoms. The Hall–Kier alpha value is -1.25. The Morgan fingerprint density at radius 3 is 2.38 bits per heavy atom. The van der Waals surface area contributed by atoms with Crippen molar-refractivity contribution >= 4 is 11.6 Å². The Labute approximate surface area is 99.5 Å². The van der Waals surface area contributed by atoms with E-state index >= 15 is 0 Å². The van der Waals surface area contributed by atoms with Gasteiger partial charge in [-0.15, -0.1) is 0 Å². The fraction of sp³-hybridized carbons (Fsp3) is 0.231. The zero-order valence-corrected chi connectivity index (χ0v) is 9.52. The van der Waals surface area contributed by atoms with Gasteiger partial charge >= 0.3 is 0 Å². The van der Waals surface area contributed by atoms with E-state index in [0.717, 1.165) is 11.1 Å². The van der Waals surface area contributed by atoms with Crippen LogP contribution in [-0.2, 0) is 12.8 Å². The van der Waals surface area contributed by atoms with Crippen LogP contribution in [0.3, 0.4) is 0 Å². The maximum absolute atomic E-state index is 9.87. The van der Waals surface area contributed by atoms with Crippen molar-refractivity contribution in [2.24, 2.45) is 0 Å². The normalized spacial score (nSPS) is 12.6. The summed E-state index contributed by atoms with van der Waals surface area (Å²) in [6.45, 7) is 0. The van der Waals surface area contributed by atoms with Gasteiger partial charge in [-0.3, -0.25) is 0 Å². The molecule has 0 saturated carbocycles. The predicted molar refractivity (Wildman–Crippen MR) is 63.6 cm³/mol. The molecule has 0 saturated heterocycles. The second-order valence-electron chi connectivity index (χ2n) is 3.82. The molecule has 0 radical (unpaired) electrons. The van der Waals surface area contributed by atoms with Crippen molar-refractivity contribution in [1.29, 1.82) is 0 Å². The second kappa shape index (κ2) is 5.19. The van der Waals surface area contributed by atoms with E-state index in [1.165, 1.54) is 0 Å². The van der Waals surface area contributed by atoms with Crippen LogP contribution in [0, 0.1) is 0 Å². The molecule has 1 aromatic carbocycles. The summed E-state index contributed by atoms with van der Waals surface area (Å²) in [6, 6.07) is 9.40. The Kier molecular flexibility index (Phi) is 3.65. The molecule has 2 nitrogen and oxygen atoms in total. The van der Waals surface area contributed by atoms with Gasteiger partial charge < -0.3 is 9.52 Å². The molecular formula is C13H13ClO2. The smallest absolute Gasteiger partial charge is 0.0935 e. The minimum Gasteiger partial charge on any atom is -0.472 e. The van der Waals surface area contributed by atoms with Gasteiger partial charge in [0.1, 0.15) is 0 Å². The fourth-order valence-electron chi connectivity index (χ4n) is 1.65. The molecule has 0 fully saturated rings. The van der Waals surface area contributed by atoms with Crippen LogP contribution in [0.2, 0.25) is 5.02 Å². The van der Waals surface area contributed by atoms with Gasteiger partial charge in [-0.25, -0.2) is 0 Å². The van der Waals surface area contributed by atoms with Crippen molar-refractivity contribution in [2.75, 3.05) is 0 Å². The highest BCUT2D eigenvalue weighted by Gasteiger charge is 2.07. The molecule has 16 heavy (non-hydrogen) atoms. The minimum atomic E-state index is -0.390. The van der Waals surface area contributed by atoms with Gasteiger partial charge in [0.05, 0.1) is 18.6 Å². The Bertz CT molecular complexity index is 420. The van der Waals surface area contributed by atoms with E-state index < -0.39 is 6.10 Å². The number of hydrogen-bond donors (Lipinski definition) is 1. The monoisotopic (exact) mass is 236 g/mol. The molecule has 1 atom stereocenters. The van der Waals surface area contributed by atoms with Crippen LogP contribution in [0.25, 0.3) is 0 Å². The van der Waals surface area contributed by atoms with Crippen molar-refractivity contribution < 1.29 is 9.52 Å². The van der Waals surface area contributed by atoms with Crippen LogP contribution in [-0.4, -0.2) is 11.2 Å². The Morgan fingerprint density at radius 2 is 1.75 bits per heavy atom. The first-order chi connectivity index (χ1) is 7.74. The van der Waals surface area contributed by atoms with Gasteiger partial charge in [0.25, 0.3) is 0 Å². The molecular weight excluding hydrogens is 224 g/mol. The number of rotatable bonds is 4. The lowest BCUT2D eigenvalue weighted by molar-refractivity contribution is 0.175. The molecule has 0 aliphatic carbocycles. The third-order valence-electron chi connectivity index (χ3n) is 2.44. The number of aliphatic hydroxyl groups is 1. The lowest BCUT2D eigenvalue weighted by Gasteiger charge is -2.09. The molecule has 1 aromatic heterocycles. The molecule has 84 valence electrons. The van der Waals surface area contributed by atoms with Gasteiger partial charge in [0, 0.05) is 11.4 Å². The summed E-state index contributed by atoms with van der Waals surface area (Å²) in [7, 11) is 0. The summed E-state index contributed by atoms with van der Waals surface area (Å²) in [5.41, 5.74) is 2.10. The van der Waals surface area contributed by atoms with Crippen molar-refractivity contribution in [1.82, 2.24) is 0 Å². The van der Waals surface area contributed by atoms with Crippen LogP contribution in [0.15, 0.2) is 47.3 Å². The third-order valence-corrected chi connectivity index (χ3v) is 2.69. The highest BCUT2D eigenvalue weighted by Crippen LogP contribution is 2.13. The molecule has 2 aromatic rings. The van der Waals surface area contributed by atoms with Gasteiger partial charge in [-0.2, -0.15) is 0 Å². The number of benzene rings is 1. The molecule has 0 aliphatic heterocycles. The SMILES string of the molecule is OC(Cc1ccc(Cl)cc1)Cc1ccoc1. The standard InChI is InChI=1S/C13H13ClO2/c14-12-3-1-10(2-4-12)7-13(15)8-11-5-6-16-9-11/h1-6,9,13,15H,7-8H2. The molecule has 0 aliphatic rings. The van der Waals surface area contributed by atoms with E-state index in [-0.39, 0.29) is 0 Å². The Balaban J connectivity index is 1.92. The average molecular weight is 237 g/mol. The summed E-state index contributed by atoms with van der Waals surface area (Å²) >= 11 is 5.79. The molecule has 0 amide bonds. The summed E-state index contributed by atoms with van der Waals surface area (Å²) in [5, 5.41) is 10.6. The molecule has 1 heterocycles. The first kappa shape index (κ1) is 11.2. The van der Waals surface area contributed by atoms with Crippen molar-refractivity contribution in [2.45, 2.75) is 18.9 Å².